The lowest BCUT2D eigenvalue weighted by atomic mass is 10.0. The fourth-order valence-corrected chi connectivity index (χ4v) is 2.37. The highest BCUT2D eigenvalue weighted by Gasteiger charge is 2.29. The van der Waals surface area contributed by atoms with Gasteiger partial charge in [0.25, 0.3) is 0 Å². The Labute approximate surface area is 106 Å². The van der Waals surface area contributed by atoms with E-state index >= 15 is 0 Å². The maximum atomic E-state index is 5.37. The van der Waals surface area contributed by atoms with Crippen molar-refractivity contribution in [1.29, 1.82) is 0 Å². The molecule has 2 aromatic heterocycles. The summed E-state index contributed by atoms with van der Waals surface area (Å²) in [4.78, 5) is 8.57. The topological polar surface area (TPSA) is 63.8 Å². The van der Waals surface area contributed by atoms with Gasteiger partial charge in [0.2, 0.25) is 5.89 Å². The summed E-state index contributed by atoms with van der Waals surface area (Å²) >= 11 is 0. The van der Waals surface area contributed by atoms with E-state index in [1.807, 2.05) is 18.3 Å². The van der Waals surface area contributed by atoms with Gasteiger partial charge < -0.3 is 9.84 Å². The van der Waals surface area contributed by atoms with Gasteiger partial charge in [-0.1, -0.05) is 11.2 Å². The Morgan fingerprint density at radius 3 is 3.17 bits per heavy atom. The van der Waals surface area contributed by atoms with E-state index < -0.39 is 0 Å². The van der Waals surface area contributed by atoms with Crippen LogP contribution in [0.3, 0.4) is 0 Å². The van der Waals surface area contributed by atoms with Crippen LogP contribution in [-0.2, 0) is 6.42 Å². The first-order chi connectivity index (χ1) is 8.83. The van der Waals surface area contributed by atoms with E-state index in [0.29, 0.717) is 18.4 Å². The minimum absolute atomic E-state index is 0.347. The summed E-state index contributed by atoms with van der Waals surface area (Å²) in [6, 6.07) is 4.35. The van der Waals surface area contributed by atoms with Gasteiger partial charge in [-0.3, -0.25) is 4.98 Å². The minimum atomic E-state index is 0.347. The first-order valence-electron chi connectivity index (χ1n) is 6.27. The zero-order chi connectivity index (χ0) is 12.4. The summed E-state index contributed by atoms with van der Waals surface area (Å²) < 4.78 is 5.37. The van der Waals surface area contributed by atoms with E-state index in [1.54, 1.807) is 6.20 Å². The average molecular weight is 244 g/mol. The highest BCUT2D eigenvalue weighted by Crippen LogP contribution is 2.26. The van der Waals surface area contributed by atoms with Gasteiger partial charge in [0.05, 0.1) is 5.92 Å². The fraction of sp³-hybridized carbons (Fsp3) is 0.462. The first-order valence-corrected chi connectivity index (χ1v) is 6.27. The second-order valence-corrected chi connectivity index (χ2v) is 4.72. The molecule has 2 atom stereocenters. The first kappa shape index (κ1) is 11.3. The number of rotatable bonds is 3. The van der Waals surface area contributed by atoms with Gasteiger partial charge in [-0.05, 0) is 31.5 Å². The number of aromatic nitrogens is 3. The van der Waals surface area contributed by atoms with Gasteiger partial charge in [-0.2, -0.15) is 4.98 Å². The largest absolute Gasteiger partial charge is 0.339 e. The molecule has 1 fully saturated rings. The Morgan fingerprint density at radius 1 is 1.50 bits per heavy atom. The van der Waals surface area contributed by atoms with Gasteiger partial charge in [0.1, 0.15) is 0 Å². The smallest absolute Gasteiger partial charge is 0.231 e. The Morgan fingerprint density at radius 2 is 2.44 bits per heavy atom. The second-order valence-electron chi connectivity index (χ2n) is 4.72. The molecule has 1 aliphatic rings. The van der Waals surface area contributed by atoms with Crippen molar-refractivity contribution in [2.24, 2.45) is 0 Å². The Hall–Kier alpha value is -1.75. The molecule has 3 heterocycles. The number of nitrogens with one attached hydrogen (secondary N) is 1. The molecule has 0 aliphatic carbocycles. The van der Waals surface area contributed by atoms with E-state index in [2.05, 4.69) is 27.4 Å². The number of pyridine rings is 1. The Kier molecular flexibility index (Phi) is 3.06. The van der Waals surface area contributed by atoms with Gasteiger partial charge in [0.15, 0.2) is 5.82 Å². The van der Waals surface area contributed by atoms with Crippen LogP contribution in [0.5, 0.6) is 0 Å². The molecule has 3 rings (SSSR count). The summed E-state index contributed by atoms with van der Waals surface area (Å²) in [5, 5.41) is 7.44. The summed E-state index contributed by atoms with van der Waals surface area (Å²) in [6.07, 6.45) is 5.33. The number of nitrogens with zero attached hydrogens (tertiary/aromatic N) is 3. The van der Waals surface area contributed by atoms with Gasteiger partial charge in [-0.25, -0.2) is 0 Å². The predicted octanol–water partition coefficient (Wildman–Crippen LogP) is 1.52. The zero-order valence-electron chi connectivity index (χ0n) is 10.3. The van der Waals surface area contributed by atoms with Crippen molar-refractivity contribution in [2.75, 3.05) is 6.54 Å². The third kappa shape index (κ3) is 2.26. The SMILES string of the molecule is CC1NCCC1c1nc(Cc2cccnc2)no1. The van der Waals surface area contributed by atoms with Gasteiger partial charge in [-0.15, -0.1) is 0 Å². The average Bonchev–Trinajstić information content (AvgIpc) is 2.99. The predicted molar refractivity (Wildman–Crippen MR) is 66.2 cm³/mol. The Bertz CT molecular complexity index is 511. The van der Waals surface area contributed by atoms with Crippen molar-refractivity contribution >= 4 is 0 Å². The van der Waals surface area contributed by atoms with Gasteiger partial charge >= 0.3 is 0 Å². The molecule has 5 heteroatoms. The molecule has 0 spiro atoms. The molecule has 18 heavy (non-hydrogen) atoms. The minimum Gasteiger partial charge on any atom is -0.339 e. The van der Waals surface area contributed by atoms with E-state index in [0.717, 1.165) is 30.2 Å². The second kappa shape index (κ2) is 4.86. The molecule has 2 unspecified atom stereocenters. The van der Waals surface area contributed by atoms with Crippen LogP contribution in [0.1, 0.15) is 36.5 Å². The summed E-state index contributed by atoms with van der Waals surface area (Å²) in [7, 11) is 0. The normalized spacial score (nSPS) is 23.4. The molecule has 0 amide bonds. The maximum absolute atomic E-state index is 5.37. The number of hydrogen-bond acceptors (Lipinski definition) is 5. The number of hydrogen-bond donors (Lipinski definition) is 1. The van der Waals surface area contributed by atoms with Crippen LogP contribution in [0.15, 0.2) is 29.0 Å². The highest BCUT2D eigenvalue weighted by atomic mass is 16.5. The molecule has 1 aliphatic heterocycles. The van der Waals surface area contributed by atoms with Crippen LogP contribution in [0.2, 0.25) is 0 Å². The third-order valence-electron chi connectivity index (χ3n) is 3.41. The molecular weight excluding hydrogens is 228 g/mol. The molecule has 0 saturated carbocycles. The molecule has 0 radical (unpaired) electrons. The standard InChI is InChI=1S/C13H16N4O/c1-9-11(4-6-15-9)13-16-12(17-18-13)7-10-3-2-5-14-8-10/h2-3,5,8-9,11,15H,4,6-7H2,1H3. The van der Waals surface area contributed by atoms with Gasteiger partial charge in [0, 0.05) is 24.9 Å². The lowest BCUT2D eigenvalue weighted by Crippen LogP contribution is -2.21. The molecule has 1 saturated heterocycles. The lowest BCUT2D eigenvalue weighted by Gasteiger charge is -2.08. The van der Waals surface area contributed by atoms with E-state index in [9.17, 15) is 0 Å². The fourth-order valence-electron chi connectivity index (χ4n) is 2.37. The van der Waals surface area contributed by atoms with Crippen molar-refractivity contribution < 1.29 is 4.52 Å². The van der Waals surface area contributed by atoms with Crippen molar-refractivity contribution in [3.63, 3.8) is 0 Å². The van der Waals surface area contributed by atoms with Crippen LogP contribution in [0, 0.1) is 0 Å². The maximum Gasteiger partial charge on any atom is 0.231 e. The molecule has 2 aromatic rings. The van der Waals surface area contributed by atoms with E-state index in [1.165, 1.54) is 0 Å². The van der Waals surface area contributed by atoms with Crippen LogP contribution >= 0.6 is 0 Å². The highest BCUT2D eigenvalue weighted by molar-refractivity contribution is 5.14. The lowest BCUT2D eigenvalue weighted by molar-refractivity contribution is 0.342. The summed E-state index contributed by atoms with van der Waals surface area (Å²) in [5.74, 6) is 1.84. The molecule has 0 bridgehead atoms. The van der Waals surface area contributed by atoms with Crippen LogP contribution in [-0.4, -0.2) is 27.7 Å². The Balaban J connectivity index is 1.74. The van der Waals surface area contributed by atoms with E-state index in [4.69, 9.17) is 4.52 Å². The molecule has 5 nitrogen and oxygen atoms in total. The summed E-state index contributed by atoms with van der Waals surface area (Å²) in [5.41, 5.74) is 1.10. The van der Waals surface area contributed by atoms with Crippen LogP contribution in [0.4, 0.5) is 0 Å². The van der Waals surface area contributed by atoms with Crippen molar-refractivity contribution in [1.82, 2.24) is 20.4 Å². The van der Waals surface area contributed by atoms with Crippen molar-refractivity contribution in [3.05, 3.63) is 41.8 Å². The molecular formula is C13H16N4O. The molecule has 94 valence electrons. The van der Waals surface area contributed by atoms with Crippen molar-refractivity contribution in [2.45, 2.75) is 31.7 Å². The van der Waals surface area contributed by atoms with Crippen LogP contribution in [0.25, 0.3) is 0 Å². The molecule has 0 aromatic carbocycles. The van der Waals surface area contributed by atoms with E-state index in [-0.39, 0.29) is 0 Å². The van der Waals surface area contributed by atoms with Crippen molar-refractivity contribution in [3.8, 4) is 0 Å². The third-order valence-corrected chi connectivity index (χ3v) is 3.41. The van der Waals surface area contributed by atoms with Crippen LogP contribution < -0.4 is 5.32 Å². The monoisotopic (exact) mass is 244 g/mol. The zero-order valence-corrected chi connectivity index (χ0v) is 10.3. The summed E-state index contributed by atoms with van der Waals surface area (Å²) in [6.45, 7) is 3.18. The molecule has 1 N–H and O–H groups in total. The quantitative estimate of drug-likeness (QED) is 0.886.